The number of aliphatic hydroxyl groups is 1. The fraction of sp³-hybridized carbons (Fsp3) is 0.375. The first kappa shape index (κ1) is 25.8. The quantitative estimate of drug-likeness (QED) is 0.293. The number of aliphatic hydroxyl groups excluding tert-OH is 1. The monoisotopic (exact) mass is 510 g/mol. The number of allylic oxidation sites excluding steroid dienone is 2. The number of carbonyl (C=O) groups is 2. The summed E-state index contributed by atoms with van der Waals surface area (Å²) in [7, 11) is 0. The number of aromatic nitrogens is 1. The molecular formula is C32H34N2O4. The van der Waals surface area contributed by atoms with Crippen LogP contribution in [0.3, 0.4) is 0 Å². The molecule has 1 fully saturated rings. The molecule has 0 spiro atoms. The Morgan fingerprint density at radius 1 is 0.974 bits per heavy atom. The Labute approximate surface area is 223 Å². The third-order valence-electron chi connectivity index (χ3n) is 7.53. The summed E-state index contributed by atoms with van der Waals surface area (Å²) in [5.41, 5.74) is 4.19. The van der Waals surface area contributed by atoms with Gasteiger partial charge in [0.15, 0.2) is 11.6 Å². The van der Waals surface area contributed by atoms with Crippen LogP contribution in [0.2, 0.25) is 0 Å². The second-order valence-electron chi connectivity index (χ2n) is 11.2. The molecule has 6 nitrogen and oxygen atoms in total. The number of hydrogen-bond acceptors (Lipinski definition) is 6. The van der Waals surface area contributed by atoms with E-state index in [4.69, 9.17) is 9.52 Å². The van der Waals surface area contributed by atoms with E-state index in [9.17, 15) is 14.7 Å². The van der Waals surface area contributed by atoms with Crippen molar-refractivity contribution in [2.45, 2.75) is 64.7 Å². The van der Waals surface area contributed by atoms with Crippen LogP contribution in [0.25, 0.3) is 0 Å². The molecule has 0 amide bonds. The first-order valence-electron chi connectivity index (χ1n) is 13.4. The van der Waals surface area contributed by atoms with E-state index in [1.807, 2.05) is 48.5 Å². The maximum Gasteiger partial charge on any atom is 0.168 e. The molecule has 1 heterocycles. The van der Waals surface area contributed by atoms with Gasteiger partial charge < -0.3 is 9.63 Å². The van der Waals surface area contributed by atoms with E-state index in [2.05, 4.69) is 31.1 Å². The predicted octanol–water partition coefficient (Wildman–Crippen LogP) is 6.40. The molecule has 1 saturated carbocycles. The lowest BCUT2D eigenvalue weighted by Crippen LogP contribution is -2.33. The van der Waals surface area contributed by atoms with Crippen LogP contribution in [-0.2, 0) is 24.1 Å². The van der Waals surface area contributed by atoms with Crippen molar-refractivity contribution in [3.63, 3.8) is 0 Å². The summed E-state index contributed by atoms with van der Waals surface area (Å²) >= 11 is 0. The number of hydrogen-bond donors (Lipinski definition) is 1. The van der Waals surface area contributed by atoms with E-state index in [0.717, 1.165) is 12.0 Å². The molecule has 0 aliphatic heterocycles. The second-order valence-corrected chi connectivity index (χ2v) is 11.2. The van der Waals surface area contributed by atoms with Crippen molar-refractivity contribution in [1.29, 1.82) is 0 Å². The third-order valence-corrected chi connectivity index (χ3v) is 7.53. The lowest BCUT2D eigenvalue weighted by atomic mass is 9.73. The minimum Gasteiger partial charge on any atom is -0.511 e. The van der Waals surface area contributed by atoms with Gasteiger partial charge in [-0.2, -0.15) is 0 Å². The summed E-state index contributed by atoms with van der Waals surface area (Å²) in [5, 5.41) is 15.3. The highest BCUT2D eigenvalue weighted by atomic mass is 16.5. The molecule has 0 bridgehead atoms. The van der Waals surface area contributed by atoms with Gasteiger partial charge in [-0.15, -0.1) is 0 Å². The molecule has 1 unspecified atom stereocenters. The molecular weight excluding hydrogens is 476 g/mol. The van der Waals surface area contributed by atoms with Gasteiger partial charge in [0.25, 0.3) is 0 Å². The summed E-state index contributed by atoms with van der Waals surface area (Å²) in [6, 6.07) is 20.1. The van der Waals surface area contributed by atoms with Crippen molar-refractivity contribution in [2.24, 2.45) is 10.4 Å². The summed E-state index contributed by atoms with van der Waals surface area (Å²) in [6.45, 7) is 4.66. The Balaban J connectivity index is 1.32. The van der Waals surface area contributed by atoms with Gasteiger partial charge >= 0.3 is 0 Å². The van der Waals surface area contributed by atoms with Crippen molar-refractivity contribution in [2.75, 3.05) is 6.54 Å². The van der Waals surface area contributed by atoms with Crippen LogP contribution in [0.4, 0.5) is 0 Å². The summed E-state index contributed by atoms with van der Waals surface area (Å²) in [4.78, 5) is 31.0. The zero-order valence-corrected chi connectivity index (χ0v) is 22.1. The number of fused-ring (bicyclic) bond motifs is 1. The summed E-state index contributed by atoms with van der Waals surface area (Å²) in [6.07, 6.45) is 3.32. The number of aliphatic imine (C=N–C) groups is 1. The molecule has 196 valence electrons. The highest BCUT2D eigenvalue weighted by molar-refractivity contribution is 6.24. The van der Waals surface area contributed by atoms with Gasteiger partial charge in [-0.25, -0.2) is 0 Å². The summed E-state index contributed by atoms with van der Waals surface area (Å²) < 4.78 is 5.59. The molecule has 5 rings (SSSR count). The van der Waals surface area contributed by atoms with E-state index in [1.165, 1.54) is 5.56 Å². The number of carbonyl (C=O) groups excluding carboxylic acids is 2. The molecule has 3 aromatic rings. The van der Waals surface area contributed by atoms with E-state index >= 15 is 0 Å². The smallest absolute Gasteiger partial charge is 0.168 e. The molecule has 0 radical (unpaired) electrons. The molecule has 0 saturated heterocycles. The molecule has 2 aliphatic rings. The van der Waals surface area contributed by atoms with Crippen LogP contribution in [-0.4, -0.2) is 34.1 Å². The highest BCUT2D eigenvalue weighted by Crippen LogP contribution is 2.37. The van der Waals surface area contributed by atoms with Crippen molar-refractivity contribution < 1.29 is 19.2 Å². The van der Waals surface area contributed by atoms with Crippen LogP contribution in [0.5, 0.6) is 0 Å². The van der Waals surface area contributed by atoms with E-state index in [0.29, 0.717) is 67.0 Å². The highest BCUT2D eigenvalue weighted by Gasteiger charge is 2.37. The van der Waals surface area contributed by atoms with Crippen LogP contribution in [0.15, 0.2) is 81.5 Å². The largest absolute Gasteiger partial charge is 0.511 e. The number of rotatable bonds is 7. The van der Waals surface area contributed by atoms with E-state index in [-0.39, 0.29) is 35.1 Å². The number of aryl methyl sites for hydroxylation is 1. The topological polar surface area (TPSA) is 92.8 Å². The standard InChI is InChI=1S/C32H34N2O4/c1-32(2)19-25(33-16-15-21-9-5-3-6-10-21)30(28(37)20-32)26(35)14-13-24-31-27(36)17-23(18-29(31)38-34-24)22-11-7-4-8-12-22/h3-12,23,35H,13-20H2,1-2H3. The number of ketones is 2. The predicted molar refractivity (Wildman–Crippen MR) is 147 cm³/mol. The molecule has 1 atom stereocenters. The molecule has 6 heteroatoms. The minimum atomic E-state index is -0.209. The van der Waals surface area contributed by atoms with Crippen LogP contribution >= 0.6 is 0 Å². The van der Waals surface area contributed by atoms with Crippen LogP contribution in [0, 0.1) is 5.41 Å². The van der Waals surface area contributed by atoms with Crippen molar-refractivity contribution in [3.05, 3.63) is 100 Å². The number of benzene rings is 2. The van der Waals surface area contributed by atoms with Gasteiger partial charge in [0, 0.05) is 44.4 Å². The van der Waals surface area contributed by atoms with Crippen LogP contribution in [0.1, 0.15) is 78.4 Å². The van der Waals surface area contributed by atoms with E-state index in [1.54, 1.807) is 0 Å². The van der Waals surface area contributed by atoms with Gasteiger partial charge in [-0.3, -0.25) is 14.6 Å². The number of Topliss-reactive ketones (excluding diaryl/α,β-unsaturated/α-hetero) is 2. The Morgan fingerprint density at radius 3 is 2.42 bits per heavy atom. The first-order chi connectivity index (χ1) is 18.3. The fourth-order valence-electron chi connectivity index (χ4n) is 5.65. The molecule has 2 aromatic carbocycles. The Bertz CT molecular complexity index is 1380. The molecule has 38 heavy (non-hydrogen) atoms. The average molecular weight is 511 g/mol. The molecule has 1 aromatic heterocycles. The average Bonchev–Trinajstić information content (AvgIpc) is 3.31. The van der Waals surface area contributed by atoms with Gasteiger partial charge in [0.05, 0.1) is 16.8 Å². The van der Waals surface area contributed by atoms with Gasteiger partial charge in [-0.1, -0.05) is 79.7 Å². The fourth-order valence-corrected chi connectivity index (χ4v) is 5.65. The SMILES string of the molecule is CC1(C)CC(=O)C(=C(O)CCc2noc3c2C(=O)CC(c2ccccc2)C3)C(=NCCc2ccccc2)C1. The maximum absolute atomic E-state index is 13.1. The Hall–Kier alpha value is -3.80. The Kier molecular flexibility index (Phi) is 7.41. The maximum atomic E-state index is 13.1. The van der Waals surface area contributed by atoms with Crippen LogP contribution < -0.4 is 0 Å². The third kappa shape index (κ3) is 5.69. The van der Waals surface area contributed by atoms with Crippen molar-refractivity contribution >= 4 is 17.3 Å². The van der Waals surface area contributed by atoms with E-state index < -0.39 is 0 Å². The lowest BCUT2D eigenvalue weighted by molar-refractivity contribution is -0.117. The molecule has 1 N–H and O–H groups in total. The van der Waals surface area contributed by atoms with Gasteiger partial charge in [-0.05, 0) is 35.3 Å². The van der Waals surface area contributed by atoms with Gasteiger partial charge in [0.2, 0.25) is 0 Å². The Morgan fingerprint density at radius 2 is 1.68 bits per heavy atom. The first-order valence-corrected chi connectivity index (χ1v) is 13.4. The summed E-state index contributed by atoms with van der Waals surface area (Å²) in [5.74, 6) is 0.635. The zero-order valence-electron chi connectivity index (χ0n) is 22.1. The van der Waals surface area contributed by atoms with Crippen molar-refractivity contribution in [3.8, 4) is 0 Å². The zero-order chi connectivity index (χ0) is 26.7. The molecule has 2 aliphatic carbocycles. The van der Waals surface area contributed by atoms with Gasteiger partial charge in [0.1, 0.15) is 11.5 Å². The second kappa shape index (κ2) is 10.9. The lowest BCUT2D eigenvalue weighted by Gasteiger charge is -2.31. The normalized spacial score (nSPS) is 21.4. The number of nitrogens with zero attached hydrogens (tertiary/aromatic N) is 2. The minimum absolute atomic E-state index is 0.0159. The van der Waals surface area contributed by atoms with Crippen molar-refractivity contribution in [1.82, 2.24) is 5.16 Å².